The lowest BCUT2D eigenvalue weighted by Gasteiger charge is -2.13. The van der Waals surface area contributed by atoms with Crippen molar-refractivity contribution in [2.24, 2.45) is 5.10 Å². The molecule has 2 aromatic carbocycles. The van der Waals surface area contributed by atoms with Gasteiger partial charge in [-0.25, -0.2) is 0 Å². The van der Waals surface area contributed by atoms with E-state index in [1.54, 1.807) is 18.2 Å². The molecule has 0 saturated heterocycles. The van der Waals surface area contributed by atoms with Crippen LogP contribution in [-0.4, -0.2) is 37.3 Å². The van der Waals surface area contributed by atoms with E-state index in [-0.39, 0.29) is 11.4 Å². The fraction of sp³-hybridized carbons (Fsp3) is 0.188. The Kier molecular flexibility index (Phi) is 5.68. The van der Waals surface area contributed by atoms with Crippen LogP contribution in [0.5, 0.6) is 11.5 Å². The van der Waals surface area contributed by atoms with Gasteiger partial charge in [0.05, 0.1) is 36.3 Å². The molecule has 0 bridgehead atoms. The van der Waals surface area contributed by atoms with Gasteiger partial charge >= 0.3 is 5.69 Å². The Balaban J connectivity index is 2.32. The Morgan fingerprint density at radius 3 is 2.27 bits per heavy atom. The number of anilines is 1. The molecule has 0 atom stereocenters. The molecule has 0 spiro atoms. The van der Waals surface area contributed by atoms with Gasteiger partial charge in [0.2, 0.25) is 0 Å². The summed E-state index contributed by atoms with van der Waals surface area (Å²) in [5.41, 5.74) is 0.0280. The standard InChI is InChI=1S/C16H16N4O6/c1-18(13-6-5-12(19(21)22)9-14(13)20(23)24)17-10-11-4-7-15(25-2)16(8-11)26-3/h4-10H,1-3H3/b17-10-. The van der Waals surface area contributed by atoms with E-state index >= 15 is 0 Å². The van der Waals surface area contributed by atoms with Gasteiger partial charge in [-0.05, 0) is 29.8 Å². The maximum atomic E-state index is 11.2. The monoisotopic (exact) mass is 360 g/mol. The molecular weight excluding hydrogens is 344 g/mol. The van der Waals surface area contributed by atoms with Crippen LogP contribution < -0.4 is 14.5 Å². The molecule has 2 rings (SSSR count). The molecule has 0 aromatic heterocycles. The molecule has 0 unspecified atom stereocenters. The van der Waals surface area contributed by atoms with Crippen LogP contribution in [0.25, 0.3) is 0 Å². The Labute approximate surface area is 148 Å². The smallest absolute Gasteiger partial charge is 0.301 e. The Morgan fingerprint density at radius 2 is 1.69 bits per heavy atom. The number of nitro groups is 2. The lowest BCUT2D eigenvalue weighted by molar-refractivity contribution is -0.393. The number of ether oxygens (including phenoxy) is 2. The lowest BCUT2D eigenvalue weighted by Crippen LogP contribution is -2.11. The van der Waals surface area contributed by atoms with Crippen molar-refractivity contribution in [2.45, 2.75) is 0 Å². The molecule has 0 heterocycles. The van der Waals surface area contributed by atoms with Gasteiger partial charge in [0.25, 0.3) is 5.69 Å². The summed E-state index contributed by atoms with van der Waals surface area (Å²) < 4.78 is 10.3. The third kappa shape index (κ3) is 4.04. The topological polar surface area (TPSA) is 120 Å². The summed E-state index contributed by atoms with van der Waals surface area (Å²) in [4.78, 5) is 20.6. The molecule has 0 radical (unpaired) electrons. The van der Waals surface area contributed by atoms with Gasteiger partial charge in [-0.1, -0.05) is 0 Å². The summed E-state index contributed by atoms with van der Waals surface area (Å²) in [7, 11) is 4.53. The molecule has 136 valence electrons. The van der Waals surface area contributed by atoms with Crippen LogP contribution in [0, 0.1) is 20.2 Å². The normalized spacial score (nSPS) is 10.6. The summed E-state index contributed by atoms with van der Waals surface area (Å²) in [6.45, 7) is 0. The molecule has 0 N–H and O–H groups in total. The van der Waals surface area contributed by atoms with Crippen molar-refractivity contribution >= 4 is 23.3 Å². The summed E-state index contributed by atoms with van der Waals surface area (Å²) >= 11 is 0. The minimum absolute atomic E-state index is 0.123. The van der Waals surface area contributed by atoms with E-state index in [1.807, 2.05) is 0 Å². The largest absolute Gasteiger partial charge is 0.493 e. The zero-order chi connectivity index (χ0) is 19.3. The molecule has 0 aliphatic rings. The molecular formula is C16H16N4O6. The highest BCUT2D eigenvalue weighted by molar-refractivity contribution is 5.82. The molecule has 0 fully saturated rings. The van der Waals surface area contributed by atoms with Crippen molar-refractivity contribution < 1.29 is 19.3 Å². The van der Waals surface area contributed by atoms with Crippen LogP contribution in [0.3, 0.4) is 0 Å². The molecule has 0 aliphatic carbocycles. The predicted molar refractivity (Wildman–Crippen MR) is 95.3 cm³/mol. The first kappa shape index (κ1) is 18.6. The zero-order valence-corrected chi connectivity index (χ0v) is 14.3. The Bertz CT molecular complexity index is 868. The van der Waals surface area contributed by atoms with Gasteiger partial charge in [0.1, 0.15) is 5.69 Å². The first-order valence-electron chi connectivity index (χ1n) is 7.30. The lowest BCUT2D eigenvalue weighted by atomic mass is 10.2. The fourth-order valence-corrected chi connectivity index (χ4v) is 2.19. The Hall–Kier alpha value is -3.69. The van der Waals surface area contributed by atoms with Gasteiger partial charge in [-0.15, -0.1) is 0 Å². The molecule has 10 heteroatoms. The highest BCUT2D eigenvalue weighted by Gasteiger charge is 2.21. The number of hydrogen-bond acceptors (Lipinski definition) is 8. The van der Waals surface area contributed by atoms with Crippen LogP contribution in [0.4, 0.5) is 17.1 Å². The van der Waals surface area contributed by atoms with Crippen molar-refractivity contribution in [3.63, 3.8) is 0 Å². The Morgan fingerprint density at radius 1 is 1.00 bits per heavy atom. The number of rotatable bonds is 7. The SMILES string of the molecule is COc1ccc(/C=N\N(C)c2ccc([N+](=O)[O-])cc2[N+](=O)[O-])cc1OC. The second kappa shape index (κ2) is 7.92. The molecule has 0 amide bonds. The maximum absolute atomic E-state index is 11.2. The van der Waals surface area contributed by atoms with E-state index in [4.69, 9.17) is 9.47 Å². The second-order valence-corrected chi connectivity index (χ2v) is 5.07. The molecule has 0 saturated carbocycles. The molecule has 0 aliphatic heterocycles. The van der Waals surface area contributed by atoms with Gasteiger partial charge in [-0.2, -0.15) is 5.10 Å². The van der Waals surface area contributed by atoms with Gasteiger partial charge in [0, 0.05) is 13.1 Å². The van der Waals surface area contributed by atoms with E-state index in [9.17, 15) is 20.2 Å². The predicted octanol–water partition coefficient (Wildman–Crippen LogP) is 2.99. The van der Waals surface area contributed by atoms with Crippen LogP contribution >= 0.6 is 0 Å². The third-order valence-corrected chi connectivity index (χ3v) is 3.50. The minimum Gasteiger partial charge on any atom is -0.493 e. The van der Waals surface area contributed by atoms with Crippen LogP contribution in [0.15, 0.2) is 41.5 Å². The van der Waals surface area contributed by atoms with Crippen molar-refractivity contribution in [1.82, 2.24) is 0 Å². The van der Waals surface area contributed by atoms with Crippen LogP contribution in [0.2, 0.25) is 0 Å². The number of benzene rings is 2. The number of methoxy groups -OCH3 is 2. The third-order valence-electron chi connectivity index (χ3n) is 3.50. The quantitative estimate of drug-likeness (QED) is 0.423. The first-order chi connectivity index (χ1) is 12.4. The molecule has 10 nitrogen and oxygen atoms in total. The van der Waals surface area contributed by atoms with E-state index < -0.39 is 15.5 Å². The van der Waals surface area contributed by atoms with Crippen LogP contribution in [-0.2, 0) is 0 Å². The summed E-state index contributed by atoms with van der Waals surface area (Å²) in [6.07, 6.45) is 1.48. The number of nitrogens with zero attached hydrogens (tertiary/aromatic N) is 4. The molecule has 26 heavy (non-hydrogen) atoms. The summed E-state index contributed by atoms with van der Waals surface area (Å²) in [5.74, 6) is 1.07. The van der Waals surface area contributed by atoms with E-state index in [2.05, 4.69) is 5.10 Å². The zero-order valence-electron chi connectivity index (χ0n) is 14.3. The summed E-state index contributed by atoms with van der Waals surface area (Å²) in [6, 6.07) is 8.50. The number of hydrazone groups is 1. The van der Waals surface area contributed by atoms with E-state index in [1.165, 1.54) is 44.6 Å². The van der Waals surface area contributed by atoms with Gasteiger partial charge in [0.15, 0.2) is 11.5 Å². The van der Waals surface area contributed by atoms with Crippen molar-refractivity contribution in [2.75, 3.05) is 26.3 Å². The summed E-state index contributed by atoms with van der Waals surface area (Å²) in [5, 5.41) is 27.4. The molecule has 2 aromatic rings. The first-order valence-corrected chi connectivity index (χ1v) is 7.30. The van der Waals surface area contributed by atoms with E-state index in [0.29, 0.717) is 17.1 Å². The number of nitro benzene ring substituents is 2. The van der Waals surface area contributed by atoms with Crippen LogP contribution in [0.1, 0.15) is 5.56 Å². The average molecular weight is 360 g/mol. The fourth-order valence-electron chi connectivity index (χ4n) is 2.19. The van der Waals surface area contributed by atoms with Crippen molar-refractivity contribution in [3.05, 3.63) is 62.2 Å². The highest BCUT2D eigenvalue weighted by Crippen LogP contribution is 2.31. The van der Waals surface area contributed by atoms with Crippen molar-refractivity contribution in [1.29, 1.82) is 0 Å². The highest BCUT2D eigenvalue weighted by atomic mass is 16.6. The van der Waals surface area contributed by atoms with Crippen molar-refractivity contribution in [3.8, 4) is 11.5 Å². The maximum Gasteiger partial charge on any atom is 0.301 e. The second-order valence-electron chi connectivity index (χ2n) is 5.07. The van der Waals surface area contributed by atoms with E-state index in [0.717, 1.165) is 6.07 Å². The average Bonchev–Trinajstić information content (AvgIpc) is 2.65. The van der Waals surface area contributed by atoms with Gasteiger partial charge < -0.3 is 9.47 Å². The van der Waals surface area contributed by atoms with Gasteiger partial charge in [-0.3, -0.25) is 25.2 Å². The number of hydrogen-bond donors (Lipinski definition) is 0. The number of non-ortho nitro benzene ring substituents is 1. The minimum atomic E-state index is -0.691.